The van der Waals surface area contributed by atoms with E-state index >= 15 is 0 Å². The van der Waals surface area contributed by atoms with Gasteiger partial charge in [-0.2, -0.15) is 0 Å². The highest BCUT2D eigenvalue weighted by atomic mass is 31.2. The summed E-state index contributed by atoms with van der Waals surface area (Å²) in [6, 6.07) is 0. The summed E-state index contributed by atoms with van der Waals surface area (Å²) in [5.41, 5.74) is 0. The Balaban J connectivity index is 4.24. The van der Waals surface area contributed by atoms with E-state index in [-0.39, 0.29) is 19.4 Å². The lowest BCUT2D eigenvalue weighted by Crippen LogP contribution is -2.29. The molecule has 1 unspecified atom stereocenters. The van der Waals surface area contributed by atoms with E-state index in [1.165, 1.54) is 0 Å². The van der Waals surface area contributed by atoms with Crippen LogP contribution in [-0.4, -0.2) is 41.0 Å². The number of carbonyl (C=O) groups is 2. The normalized spacial score (nSPS) is 13.9. The number of esters is 2. The Bertz CT molecular complexity index is 1100. The summed E-state index contributed by atoms with van der Waals surface area (Å²) < 4.78 is 26.1. The summed E-state index contributed by atoms with van der Waals surface area (Å²) in [7, 11) is -4.78. The molecule has 2 N–H and O–H groups in total. The predicted molar refractivity (Wildman–Crippen MR) is 188 cm³/mol. The topological polar surface area (TPSA) is 119 Å². The monoisotopic (exact) mass is 658 g/mol. The second-order valence-electron chi connectivity index (χ2n) is 10.2. The van der Waals surface area contributed by atoms with E-state index in [0.29, 0.717) is 12.8 Å². The summed E-state index contributed by atoms with van der Waals surface area (Å²) in [4.78, 5) is 42.5. The maximum Gasteiger partial charge on any atom is 0.469 e. The van der Waals surface area contributed by atoms with Crippen molar-refractivity contribution in [2.24, 2.45) is 0 Å². The number of phosphoric acid groups is 1. The minimum atomic E-state index is -4.78. The van der Waals surface area contributed by atoms with E-state index in [1.54, 1.807) is 0 Å². The number of allylic oxidation sites excluding steroid dienone is 18. The van der Waals surface area contributed by atoms with Crippen molar-refractivity contribution in [3.8, 4) is 0 Å². The lowest BCUT2D eigenvalue weighted by molar-refractivity contribution is -0.161. The van der Waals surface area contributed by atoms with Gasteiger partial charge in [-0.05, 0) is 51.4 Å². The molecule has 0 fully saturated rings. The molecule has 0 aliphatic heterocycles. The first-order chi connectivity index (χ1) is 22.3. The van der Waals surface area contributed by atoms with Crippen LogP contribution in [-0.2, 0) is 28.2 Å². The van der Waals surface area contributed by atoms with Gasteiger partial charge in [-0.15, -0.1) is 0 Å². The van der Waals surface area contributed by atoms with Gasteiger partial charge in [0.05, 0.1) is 6.61 Å². The first kappa shape index (κ1) is 42.7. The fraction of sp³-hybridized carbons (Fsp3) is 0.459. The van der Waals surface area contributed by atoms with Crippen LogP contribution in [0.1, 0.15) is 90.9 Å². The molecule has 0 aromatic heterocycles. The maximum atomic E-state index is 12.3. The van der Waals surface area contributed by atoms with Crippen LogP contribution >= 0.6 is 7.82 Å². The van der Waals surface area contributed by atoms with Gasteiger partial charge in [-0.1, -0.05) is 136 Å². The van der Waals surface area contributed by atoms with Gasteiger partial charge in [-0.3, -0.25) is 14.1 Å². The zero-order valence-electron chi connectivity index (χ0n) is 27.7. The first-order valence-corrected chi connectivity index (χ1v) is 17.8. The van der Waals surface area contributed by atoms with Crippen molar-refractivity contribution in [2.75, 3.05) is 13.2 Å². The number of phosphoric ester groups is 1. The lowest BCUT2D eigenvalue weighted by atomic mass is 10.1. The third-order valence-electron chi connectivity index (χ3n) is 6.01. The van der Waals surface area contributed by atoms with Gasteiger partial charge in [0.2, 0.25) is 0 Å². The highest BCUT2D eigenvalue weighted by Gasteiger charge is 2.22. The average Bonchev–Trinajstić information content (AvgIpc) is 3.02. The molecular formula is C37H55O8P. The van der Waals surface area contributed by atoms with Gasteiger partial charge in [0, 0.05) is 12.8 Å². The molecule has 0 amide bonds. The molecule has 0 spiro atoms. The molecule has 0 aliphatic rings. The number of unbranched alkanes of at least 4 members (excludes halogenated alkanes) is 6. The molecule has 0 bridgehead atoms. The van der Waals surface area contributed by atoms with Crippen molar-refractivity contribution in [2.45, 2.75) is 97.0 Å². The number of hydrogen-bond donors (Lipinski definition) is 2. The fourth-order valence-corrected chi connectivity index (χ4v) is 4.00. The Labute approximate surface area is 276 Å². The average molecular weight is 659 g/mol. The summed E-state index contributed by atoms with van der Waals surface area (Å²) in [6.07, 6.45) is 43.8. The van der Waals surface area contributed by atoms with E-state index in [2.05, 4.69) is 42.7 Å². The van der Waals surface area contributed by atoms with E-state index in [0.717, 1.165) is 51.4 Å². The Kier molecular flexibility index (Phi) is 29.4. The van der Waals surface area contributed by atoms with Crippen molar-refractivity contribution in [3.63, 3.8) is 0 Å². The minimum Gasteiger partial charge on any atom is -0.462 e. The second-order valence-corrected chi connectivity index (χ2v) is 11.5. The maximum absolute atomic E-state index is 12.3. The van der Waals surface area contributed by atoms with Crippen LogP contribution in [0.15, 0.2) is 109 Å². The van der Waals surface area contributed by atoms with Crippen LogP contribution in [0.3, 0.4) is 0 Å². The smallest absolute Gasteiger partial charge is 0.462 e. The molecule has 0 saturated carbocycles. The van der Waals surface area contributed by atoms with E-state index in [4.69, 9.17) is 19.3 Å². The highest BCUT2D eigenvalue weighted by Crippen LogP contribution is 2.35. The Morgan fingerprint density at radius 1 is 0.565 bits per heavy atom. The van der Waals surface area contributed by atoms with E-state index < -0.39 is 32.5 Å². The summed E-state index contributed by atoms with van der Waals surface area (Å²) >= 11 is 0. The standard InChI is InChI=1S/C37H55O8P/c1-3-5-7-9-11-13-15-17-18-20-21-23-25-27-29-31-36(38)43-33-35(34-44-46(40,41)42)45-37(39)32-30-28-26-24-22-19-16-14-12-10-8-6-4-2/h5-22,35H,3-4,23-34H2,1-2H3,(H2,40,41,42)/b7-5+,8-6+,11-9+,12-10+,15-13+,16-14+,18-17+,21-20+,22-19+. The molecule has 1 atom stereocenters. The molecule has 0 aromatic rings. The number of rotatable bonds is 27. The molecule has 0 aromatic carbocycles. The van der Waals surface area contributed by atoms with Crippen LogP contribution in [0.4, 0.5) is 0 Å². The Hall–Kier alpha value is -3.29. The first-order valence-electron chi connectivity index (χ1n) is 16.3. The SMILES string of the molecule is CC/C=C/C=C/C=C/C=C/C=C/CCCCCC(=O)OCC(COP(=O)(O)O)OC(=O)CCCCC/C=C/C=C/C=C/C=C/CC. The van der Waals surface area contributed by atoms with Crippen molar-refractivity contribution in [1.82, 2.24) is 0 Å². The molecule has 8 nitrogen and oxygen atoms in total. The fourth-order valence-electron chi connectivity index (χ4n) is 3.64. The summed E-state index contributed by atoms with van der Waals surface area (Å²) in [5.74, 6) is -0.998. The van der Waals surface area contributed by atoms with Crippen LogP contribution < -0.4 is 0 Å². The zero-order valence-corrected chi connectivity index (χ0v) is 28.6. The molecule has 256 valence electrons. The van der Waals surface area contributed by atoms with Crippen molar-refractivity contribution in [1.29, 1.82) is 0 Å². The molecule has 46 heavy (non-hydrogen) atoms. The molecular weight excluding hydrogens is 603 g/mol. The van der Waals surface area contributed by atoms with Crippen molar-refractivity contribution in [3.05, 3.63) is 109 Å². The minimum absolute atomic E-state index is 0.148. The molecule has 0 saturated heterocycles. The number of ether oxygens (including phenoxy) is 2. The zero-order chi connectivity index (χ0) is 34.0. The van der Waals surface area contributed by atoms with Gasteiger partial charge in [0.25, 0.3) is 0 Å². The van der Waals surface area contributed by atoms with E-state index in [9.17, 15) is 14.2 Å². The third-order valence-corrected chi connectivity index (χ3v) is 6.49. The molecule has 0 aliphatic carbocycles. The predicted octanol–water partition coefficient (Wildman–Crippen LogP) is 9.28. The molecule has 0 heterocycles. The second kappa shape index (κ2) is 31.7. The largest absolute Gasteiger partial charge is 0.469 e. The number of carbonyl (C=O) groups excluding carboxylic acids is 2. The van der Waals surface area contributed by atoms with Crippen LogP contribution in [0.5, 0.6) is 0 Å². The highest BCUT2D eigenvalue weighted by molar-refractivity contribution is 7.46. The van der Waals surface area contributed by atoms with Gasteiger partial charge < -0.3 is 19.3 Å². The van der Waals surface area contributed by atoms with Crippen LogP contribution in [0.25, 0.3) is 0 Å². The van der Waals surface area contributed by atoms with Crippen molar-refractivity contribution >= 4 is 19.8 Å². The molecule has 9 heteroatoms. The van der Waals surface area contributed by atoms with Crippen molar-refractivity contribution < 1.29 is 37.9 Å². The third kappa shape index (κ3) is 33.6. The van der Waals surface area contributed by atoms with Gasteiger partial charge in [-0.25, -0.2) is 4.57 Å². The Morgan fingerprint density at radius 2 is 0.978 bits per heavy atom. The summed E-state index contributed by atoms with van der Waals surface area (Å²) in [5, 5.41) is 0. The molecule has 0 rings (SSSR count). The molecule has 0 radical (unpaired) electrons. The van der Waals surface area contributed by atoms with Crippen LogP contribution in [0.2, 0.25) is 0 Å². The summed E-state index contributed by atoms with van der Waals surface area (Å²) in [6.45, 7) is 3.28. The van der Waals surface area contributed by atoms with Gasteiger partial charge >= 0.3 is 19.8 Å². The number of hydrogen-bond acceptors (Lipinski definition) is 6. The van der Waals surface area contributed by atoms with E-state index in [1.807, 2.05) is 85.1 Å². The van der Waals surface area contributed by atoms with Gasteiger partial charge in [0.1, 0.15) is 6.61 Å². The van der Waals surface area contributed by atoms with Gasteiger partial charge in [0.15, 0.2) is 6.10 Å². The lowest BCUT2D eigenvalue weighted by Gasteiger charge is -2.18. The quantitative estimate of drug-likeness (QED) is 0.0388. The Morgan fingerprint density at radius 3 is 1.41 bits per heavy atom. The van der Waals surface area contributed by atoms with Crippen LogP contribution in [0, 0.1) is 0 Å².